The number of piperidine rings is 1. The Balaban J connectivity index is 1.83. The molecule has 1 heterocycles. The highest BCUT2D eigenvalue weighted by Gasteiger charge is 2.27. The molecule has 6 heteroatoms. The molecule has 0 amide bonds. The topological polar surface area (TPSA) is 52.7 Å². The molecule has 0 radical (unpaired) electrons. The average Bonchev–Trinajstić information content (AvgIpc) is 2.57. The number of hydrogen-bond acceptors (Lipinski definition) is 3. The predicted octanol–water partition coefficient (Wildman–Crippen LogP) is 2.61. The van der Waals surface area contributed by atoms with Crippen LogP contribution in [0.5, 0.6) is 0 Å². The predicted molar refractivity (Wildman–Crippen MR) is 99.0 cm³/mol. The van der Waals surface area contributed by atoms with E-state index < -0.39 is 10.2 Å². The summed E-state index contributed by atoms with van der Waals surface area (Å²) in [6, 6.07) is 10.5. The van der Waals surface area contributed by atoms with Crippen LogP contribution in [-0.4, -0.2) is 49.8 Å². The average molecular weight is 354 g/mol. The van der Waals surface area contributed by atoms with Crippen molar-refractivity contribution in [3.8, 4) is 0 Å². The Morgan fingerprint density at radius 1 is 1.08 bits per heavy atom. The van der Waals surface area contributed by atoms with Gasteiger partial charge < -0.3 is 0 Å². The third-order valence-electron chi connectivity index (χ3n) is 4.44. The molecule has 1 fully saturated rings. The highest BCUT2D eigenvalue weighted by atomic mass is 32.2. The first kappa shape index (κ1) is 19.4. The van der Waals surface area contributed by atoms with Gasteiger partial charge in [-0.2, -0.15) is 17.4 Å². The molecule has 1 aromatic rings. The van der Waals surface area contributed by atoms with Crippen LogP contribution in [0.4, 0.5) is 0 Å². The minimum absolute atomic E-state index is 0.0539. The molecule has 2 rings (SSSR count). The molecule has 0 aliphatic carbocycles. The Labute approximate surface area is 147 Å². The van der Waals surface area contributed by atoms with Gasteiger partial charge in [-0.15, -0.1) is 0 Å². The van der Waals surface area contributed by atoms with Crippen LogP contribution >= 0.6 is 0 Å². The summed E-state index contributed by atoms with van der Waals surface area (Å²) in [5, 5.41) is 0. The number of likely N-dealkylation sites (tertiary alicyclic amines) is 1. The minimum atomic E-state index is -3.36. The molecule has 5 nitrogen and oxygen atoms in total. The third kappa shape index (κ3) is 5.84. The summed E-state index contributed by atoms with van der Waals surface area (Å²) >= 11 is 0. The molecule has 136 valence electrons. The zero-order valence-corrected chi connectivity index (χ0v) is 15.8. The quantitative estimate of drug-likeness (QED) is 0.742. The number of nitrogens with zero attached hydrogens (tertiary/aromatic N) is 2. The van der Waals surface area contributed by atoms with Crippen molar-refractivity contribution in [1.29, 1.82) is 0 Å². The van der Waals surface area contributed by atoms with Gasteiger partial charge in [-0.05, 0) is 31.2 Å². The van der Waals surface area contributed by atoms with Gasteiger partial charge in [0.15, 0.2) is 0 Å². The molecule has 0 atom stereocenters. The molecule has 1 N–H and O–H groups in total. The van der Waals surface area contributed by atoms with Crippen LogP contribution < -0.4 is 4.72 Å². The Morgan fingerprint density at radius 2 is 1.67 bits per heavy atom. The van der Waals surface area contributed by atoms with Crippen LogP contribution in [-0.2, 0) is 16.8 Å². The number of nitrogens with one attached hydrogen (secondary N) is 1. The highest BCUT2D eigenvalue weighted by Crippen LogP contribution is 2.15. The van der Waals surface area contributed by atoms with Gasteiger partial charge >= 0.3 is 0 Å². The first-order valence-electron chi connectivity index (χ1n) is 9.08. The SMILES string of the molecule is CCCN(CCC)S(=O)(=O)NC1CCN(Cc2ccccc2)CC1. The van der Waals surface area contributed by atoms with E-state index in [9.17, 15) is 8.42 Å². The van der Waals surface area contributed by atoms with Crippen molar-refractivity contribution in [1.82, 2.24) is 13.9 Å². The van der Waals surface area contributed by atoms with Crippen molar-refractivity contribution in [2.24, 2.45) is 0 Å². The molecule has 0 bridgehead atoms. The molecule has 24 heavy (non-hydrogen) atoms. The van der Waals surface area contributed by atoms with E-state index in [2.05, 4.69) is 33.9 Å². The summed E-state index contributed by atoms with van der Waals surface area (Å²) < 4.78 is 29.6. The van der Waals surface area contributed by atoms with Crippen molar-refractivity contribution in [3.05, 3.63) is 35.9 Å². The second-order valence-electron chi connectivity index (χ2n) is 6.56. The molecule has 0 aromatic heterocycles. The van der Waals surface area contributed by atoms with Crippen molar-refractivity contribution >= 4 is 10.2 Å². The second-order valence-corrected chi connectivity index (χ2v) is 8.26. The Bertz CT molecular complexity index is 563. The summed E-state index contributed by atoms with van der Waals surface area (Å²) in [4.78, 5) is 2.40. The fourth-order valence-corrected chi connectivity index (χ4v) is 4.84. The van der Waals surface area contributed by atoms with Crippen LogP contribution in [0.1, 0.15) is 45.1 Å². The standard InChI is InChI=1S/C18H31N3O2S/c1-3-12-21(13-4-2)24(22,23)19-18-10-14-20(15-11-18)16-17-8-6-5-7-9-17/h5-9,18-19H,3-4,10-16H2,1-2H3. The van der Waals surface area contributed by atoms with Gasteiger partial charge in [-0.1, -0.05) is 44.2 Å². The molecular weight excluding hydrogens is 322 g/mol. The van der Waals surface area contributed by atoms with Crippen LogP contribution in [0.15, 0.2) is 30.3 Å². The fraction of sp³-hybridized carbons (Fsp3) is 0.667. The van der Waals surface area contributed by atoms with Gasteiger partial charge in [0.25, 0.3) is 10.2 Å². The van der Waals surface area contributed by atoms with Gasteiger partial charge in [0.2, 0.25) is 0 Å². The van der Waals surface area contributed by atoms with E-state index in [1.54, 1.807) is 4.31 Å². The monoisotopic (exact) mass is 353 g/mol. The van der Waals surface area contributed by atoms with Crippen LogP contribution in [0.2, 0.25) is 0 Å². The lowest BCUT2D eigenvalue weighted by Gasteiger charge is -2.33. The summed E-state index contributed by atoms with van der Waals surface area (Å²) in [5.41, 5.74) is 1.31. The zero-order valence-electron chi connectivity index (χ0n) is 14.9. The fourth-order valence-electron chi connectivity index (χ4n) is 3.19. The first-order chi connectivity index (χ1) is 11.5. The molecule has 1 aliphatic rings. The number of benzene rings is 1. The zero-order chi connectivity index (χ0) is 17.4. The first-order valence-corrected chi connectivity index (χ1v) is 10.5. The third-order valence-corrected chi connectivity index (χ3v) is 6.11. The Hall–Kier alpha value is -0.950. The van der Waals surface area contributed by atoms with Gasteiger partial charge in [0, 0.05) is 38.8 Å². The molecule has 0 saturated carbocycles. The van der Waals surface area contributed by atoms with Crippen LogP contribution in [0, 0.1) is 0 Å². The molecule has 1 aliphatic heterocycles. The maximum Gasteiger partial charge on any atom is 0.279 e. The van der Waals surface area contributed by atoms with Crippen molar-refractivity contribution in [2.75, 3.05) is 26.2 Å². The van der Waals surface area contributed by atoms with E-state index >= 15 is 0 Å². The molecule has 0 unspecified atom stereocenters. The minimum Gasteiger partial charge on any atom is -0.299 e. The number of rotatable bonds is 9. The number of hydrogen-bond donors (Lipinski definition) is 1. The van der Waals surface area contributed by atoms with Gasteiger partial charge in [0.1, 0.15) is 0 Å². The Kier molecular flexibility index (Phi) is 7.68. The van der Waals surface area contributed by atoms with E-state index in [1.165, 1.54) is 5.56 Å². The Morgan fingerprint density at radius 3 is 2.21 bits per heavy atom. The van der Waals surface area contributed by atoms with Gasteiger partial charge in [0.05, 0.1) is 0 Å². The largest absolute Gasteiger partial charge is 0.299 e. The lowest BCUT2D eigenvalue weighted by atomic mass is 10.1. The summed E-state index contributed by atoms with van der Waals surface area (Å²) in [6.45, 7) is 8.03. The molecule has 1 saturated heterocycles. The smallest absolute Gasteiger partial charge is 0.279 e. The van der Waals surface area contributed by atoms with E-state index in [-0.39, 0.29) is 6.04 Å². The lowest BCUT2D eigenvalue weighted by Crippen LogP contribution is -2.49. The summed E-state index contributed by atoms with van der Waals surface area (Å²) in [6.07, 6.45) is 3.43. The second kappa shape index (κ2) is 9.51. The van der Waals surface area contributed by atoms with E-state index in [0.717, 1.165) is 45.3 Å². The van der Waals surface area contributed by atoms with Crippen molar-refractivity contribution < 1.29 is 8.42 Å². The van der Waals surface area contributed by atoms with Crippen LogP contribution in [0.3, 0.4) is 0 Å². The summed E-state index contributed by atoms with van der Waals surface area (Å²) in [5.74, 6) is 0. The maximum atomic E-state index is 12.6. The maximum absolute atomic E-state index is 12.6. The molecular formula is C18H31N3O2S. The van der Waals surface area contributed by atoms with Crippen LogP contribution in [0.25, 0.3) is 0 Å². The van der Waals surface area contributed by atoms with Crippen molar-refractivity contribution in [3.63, 3.8) is 0 Å². The van der Waals surface area contributed by atoms with Gasteiger partial charge in [-0.25, -0.2) is 0 Å². The van der Waals surface area contributed by atoms with E-state index in [1.807, 2.05) is 19.9 Å². The van der Waals surface area contributed by atoms with E-state index in [4.69, 9.17) is 0 Å². The normalized spacial score (nSPS) is 17.5. The van der Waals surface area contributed by atoms with Gasteiger partial charge in [-0.3, -0.25) is 4.90 Å². The lowest BCUT2D eigenvalue weighted by molar-refractivity contribution is 0.198. The summed E-state index contributed by atoms with van der Waals surface area (Å²) in [7, 11) is -3.36. The highest BCUT2D eigenvalue weighted by molar-refractivity contribution is 7.87. The van der Waals surface area contributed by atoms with Crippen molar-refractivity contribution in [2.45, 2.75) is 52.1 Å². The van der Waals surface area contributed by atoms with E-state index in [0.29, 0.717) is 13.1 Å². The molecule has 1 aromatic carbocycles. The molecule has 0 spiro atoms.